The van der Waals surface area contributed by atoms with Crippen molar-refractivity contribution in [2.45, 2.75) is 26.1 Å². The molecule has 0 heterocycles. The lowest BCUT2D eigenvalue weighted by atomic mass is 9.92. The van der Waals surface area contributed by atoms with Crippen LogP contribution in [0.5, 0.6) is 28.7 Å². The summed E-state index contributed by atoms with van der Waals surface area (Å²) in [5.41, 5.74) is 0.701. The number of carbonyl (C=O) groups is 1. The van der Waals surface area contributed by atoms with Crippen LogP contribution in [0.2, 0.25) is 0 Å². The molecule has 0 aliphatic carbocycles. The number of aromatic hydroxyl groups is 1. The van der Waals surface area contributed by atoms with Crippen LogP contribution in [0.15, 0.2) is 30.3 Å². The molecule has 0 saturated heterocycles. The number of ether oxygens (including phenoxy) is 5. The van der Waals surface area contributed by atoms with Gasteiger partial charge in [-0.1, -0.05) is 6.92 Å². The quantitative estimate of drug-likeness (QED) is 0.596. The van der Waals surface area contributed by atoms with Crippen molar-refractivity contribution in [3.63, 3.8) is 0 Å². The molecule has 0 unspecified atom stereocenters. The van der Waals surface area contributed by atoms with Crippen LogP contribution in [-0.2, 0) is 4.74 Å². The maximum atomic E-state index is 12.9. The number of hydrogen-bond acceptors (Lipinski definition) is 8. The van der Waals surface area contributed by atoms with Gasteiger partial charge in [-0.15, -0.1) is 0 Å². The molecule has 2 rings (SSSR count). The second kappa shape index (κ2) is 10.1. The molecule has 2 N–H and O–H groups in total. The van der Waals surface area contributed by atoms with E-state index in [2.05, 4.69) is 0 Å². The van der Waals surface area contributed by atoms with Crippen LogP contribution < -0.4 is 18.9 Å². The van der Waals surface area contributed by atoms with Gasteiger partial charge >= 0.3 is 5.97 Å². The molecule has 0 bridgehead atoms. The Labute approximate surface area is 175 Å². The highest BCUT2D eigenvalue weighted by Gasteiger charge is 2.30. The zero-order valence-electron chi connectivity index (χ0n) is 18.0. The standard InChI is InChI=1S/C22H28O8/c1-12(13(2)23)20(15-9-16(24)21(29-6)19(11-15)28-5)30-22(25)14-7-8-17(26-3)18(10-14)27-4/h7-13,20,23-24H,1-6H3/t12-,13+,20-/m1/s1. The van der Waals surface area contributed by atoms with Gasteiger partial charge in [0, 0.05) is 11.5 Å². The number of carbonyl (C=O) groups excluding carboxylic acids is 1. The van der Waals surface area contributed by atoms with Crippen molar-refractivity contribution in [2.75, 3.05) is 28.4 Å². The molecule has 8 heteroatoms. The second-order valence-electron chi connectivity index (χ2n) is 6.77. The minimum Gasteiger partial charge on any atom is -0.504 e. The van der Waals surface area contributed by atoms with E-state index in [1.165, 1.54) is 40.6 Å². The van der Waals surface area contributed by atoms with E-state index in [0.29, 0.717) is 17.1 Å². The van der Waals surface area contributed by atoms with Crippen LogP contribution in [0.4, 0.5) is 0 Å². The van der Waals surface area contributed by atoms with Gasteiger partial charge in [0.1, 0.15) is 6.10 Å². The highest BCUT2D eigenvalue weighted by Crippen LogP contribution is 2.42. The number of esters is 1. The van der Waals surface area contributed by atoms with E-state index in [1.807, 2.05) is 0 Å². The third kappa shape index (κ3) is 4.88. The molecule has 0 aliphatic heterocycles. The summed E-state index contributed by atoms with van der Waals surface area (Å²) < 4.78 is 26.6. The minimum atomic E-state index is -0.865. The molecule has 164 valence electrons. The summed E-state index contributed by atoms with van der Waals surface area (Å²) in [4.78, 5) is 12.9. The summed E-state index contributed by atoms with van der Waals surface area (Å²) in [6.07, 6.45) is -1.65. The number of benzene rings is 2. The van der Waals surface area contributed by atoms with E-state index in [9.17, 15) is 15.0 Å². The Morgan fingerprint density at radius 3 is 2.03 bits per heavy atom. The fourth-order valence-corrected chi connectivity index (χ4v) is 3.01. The van der Waals surface area contributed by atoms with Gasteiger partial charge in [-0.3, -0.25) is 0 Å². The number of phenolic OH excluding ortho intramolecular Hbond substituents is 1. The smallest absolute Gasteiger partial charge is 0.338 e. The van der Waals surface area contributed by atoms with Crippen molar-refractivity contribution < 1.29 is 38.7 Å². The molecule has 2 aromatic rings. The van der Waals surface area contributed by atoms with Gasteiger partial charge in [-0.25, -0.2) is 4.79 Å². The van der Waals surface area contributed by atoms with Crippen molar-refractivity contribution in [1.82, 2.24) is 0 Å². The number of aliphatic hydroxyl groups is 1. The maximum Gasteiger partial charge on any atom is 0.338 e. The zero-order chi connectivity index (χ0) is 22.4. The first-order chi connectivity index (χ1) is 14.3. The van der Waals surface area contributed by atoms with Gasteiger partial charge in [-0.05, 0) is 37.3 Å². The Balaban J connectivity index is 2.44. The largest absolute Gasteiger partial charge is 0.504 e. The summed E-state index contributed by atoms with van der Waals surface area (Å²) >= 11 is 0. The summed E-state index contributed by atoms with van der Waals surface area (Å²) in [5, 5.41) is 20.4. The molecular weight excluding hydrogens is 392 g/mol. The lowest BCUT2D eigenvalue weighted by Crippen LogP contribution is -2.26. The van der Waals surface area contributed by atoms with Gasteiger partial charge in [-0.2, -0.15) is 0 Å². The van der Waals surface area contributed by atoms with E-state index in [0.717, 1.165) is 0 Å². The van der Waals surface area contributed by atoms with Crippen LogP contribution in [-0.4, -0.2) is 50.7 Å². The van der Waals surface area contributed by atoms with Crippen molar-refractivity contribution in [2.24, 2.45) is 5.92 Å². The summed E-state index contributed by atoms with van der Waals surface area (Å²) in [5.74, 6) is 0.0307. The van der Waals surface area contributed by atoms with Gasteiger partial charge < -0.3 is 33.9 Å². The number of phenols is 1. The lowest BCUT2D eigenvalue weighted by Gasteiger charge is -2.27. The molecular formula is C22H28O8. The molecule has 3 atom stereocenters. The van der Waals surface area contributed by atoms with E-state index in [-0.39, 0.29) is 22.8 Å². The third-order valence-corrected chi connectivity index (χ3v) is 4.90. The lowest BCUT2D eigenvalue weighted by molar-refractivity contribution is -0.0103. The topological polar surface area (TPSA) is 104 Å². The first kappa shape index (κ1) is 23.2. The number of rotatable bonds is 9. The zero-order valence-corrected chi connectivity index (χ0v) is 18.0. The van der Waals surface area contributed by atoms with Crippen LogP contribution in [0, 0.1) is 5.92 Å². The monoisotopic (exact) mass is 420 g/mol. The first-order valence-electron chi connectivity index (χ1n) is 9.33. The summed E-state index contributed by atoms with van der Waals surface area (Å²) in [7, 11) is 5.81. The van der Waals surface area contributed by atoms with Crippen molar-refractivity contribution in [1.29, 1.82) is 0 Å². The van der Waals surface area contributed by atoms with E-state index >= 15 is 0 Å². The molecule has 0 saturated carbocycles. The van der Waals surface area contributed by atoms with Gasteiger partial charge in [0.2, 0.25) is 5.75 Å². The second-order valence-corrected chi connectivity index (χ2v) is 6.77. The fraction of sp³-hybridized carbons (Fsp3) is 0.409. The number of hydrogen-bond donors (Lipinski definition) is 2. The van der Waals surface area contributed by atoms with Crippen LogP contribution in [0.1, 0.15) is 35.9 Å². The molecule has 0 aromatic heterocycles. The van der Waals surface area contributed by atoms with Crippen molar-refractivity contribution in [3.8, 4) is 28.7 Å². The average molecular weight is 420 g/mol. The Hall–Kier alpha value is -3.13. The molecule has 8 nitrogen and oxygen atoms in total. The SMILES string of the molecule is COc1ccc(C(=O)O[C@@H](c2cc(O)c(OC)c(OC)c2)[C@H](C)[C@H](C)O)cc1OC. The number of methoxy groups -OCH3 is 4. The molecule has 0 aliphatic rings. The van der Waals surface area contributed by atoms with Crippen LogP contribution in [0.25, 0.3) is 0 Å². The molecule has 0 spiro atoms. The Kier molecular flexibility index (Phi) is 7.77. The number of aliphatic hydroxyl groups excluding tert-OH is 1. The molecule has 0 amide bonds. The maximum absolute atomic E-state index is 12.9. The summed E-state index contributed by atoms with van der Waals surface area (Å²) in [6.45, 7) is 3.34. The van der Waals surface area contributed by atoms with E-state index in [4.69, 9.17) is 23.7 Å². The third-order valence-electron chi connectivity index (χ3n) is 4.90. The molecule has 0 fully saturated rings. The highest BCUT2D eigenvalue weighted by atomic mass is 16.5. The Morgan fingerprint density at radius 2 is 1.50 bits per heavy atom. The van der Waals surface area contributed by atoms with E-state index < -0.39 is 24.1 Å². The van der Waals surface area contributed by atoms with E-state index in [1.54, 1.807) is 32.0 Å². The van der Waals surface area contributed by atoms with Crippen molar-refractivity contribution in [3.05, 3.63) is 41.5 Å². The summed E-state index contributed by atoms with van der Waals surface area (Å²) in [6, 6.07) is 7.69. The van der Waals surface area contributed by atoms with Crippen molar-refractivity contribution >= 4 is 5.97 Å². The van der Waals surface area contributed by atoms with Crippen LogP contribution in [0.3, 0.4) is 0 Å². The minimum absolute atomic E-state index is 0.163. The highest BCUT2D eigenvalue weighted by molar-refractivity contribution is 5.90. The predicted octanol–water partition coefficient (Wildman–Crippen LogP) is 3.34. The predicted molar refractivity (Wildman–Crippen MR) is 110 cm³/mol. The van der Waals surface area contributed by atoms with Gasteiger partial charge in [0.25, 0.3) is 0 Å². The van der Waals surface area contributed by atoms with Gasteiger partial charge in [0.15, 0.2) is 23.0 Å². The van der Waals surface area contributed by atoms with Gasteiger partial charge in [0.05, 0.1) is 40.1 Å². The Bertz CT molecular complexity index is 878. The fourth-order valence-electron chi connectivity index (χ4n) is 3.01. The molecule has 30 heavy (non-hydrogen) atoms. The Morgan fingerprint density at radius 1 is 0.867 bits per heavy atom. The van der Waals surface area contributed by atoms with Crippen LogP contribution >= 0.6 is 0 Å². The normalized spacial score (nSPS) is 13.7. The average Bonchev–Trinajstić information content (AvgIpc) is 2.75. The molecule has 0 radical (unpaired) electrons. The molecule has 2 aromatic carbocycles. The first-order valence-corrected chi connectivity index (χ1v) is 9.33.